The average molecular weight is 157 g/mol. The third-order valence-electron chi connectivity index (χ3n) is 1.13. The van der Waals surface area contributed by atoms with Gasteiger partial charge in [-0.1, -0.05) is 23.7 Å². The summed E-state index contributed by atoms with van der Waals surface area (Å²) in [7, 11) is 0. The summed E-state index contributed by atoms with van der Waals surface area (Å²) in [4.78, 5) is 0. The third kappa shape index (κ3) is 1.85. The number of halogens is 2. The third-order valence-corrected chi connectivity index (χ3v) is 1.38. The summed E-state index contributed by atoms with van der Waals surface area (Å²) in [6, 6.07) is 6.94. The first-order valence-electron chi connectivity index (χ1n) is 2.85. The molecule has 0 radical (unpaired) electrons. The Hall–Kier alpha value is -0.820. The topological polar surface area (TPSA) is 0 Å². The van der Waals surface area contributed by atoms with Crippen LogP contribution in [-0.4, -0.2) is 0 Å². The summed E-state index contributed by atoms with van der Waals surface area (Å²) in [5.41, 5.74) is 0.812. The van der Waals surface area contributed by atoms with Crippen molar-refractivity contribution >= 4 is 17.7 Å². The number of hydrogen-bond acceptors (Lipinski definition) is 0. The Kier molecular flexibility index (Phi) is 2.46. The van der Waals surface area contributed by atoms with E-state index in [1.165, 1.54) is 6.08 Å². The molecule has 52 valence electrons. The molecule has 0 aromatic heterocycles. The van der Waals surface area contributed by atoms with Gasteiger partial charge in [-0.3, -0.25) is 0 Å². The molecule has 0 fully saturated rings. The van der Waals surface area contributed by atoms with Crippen LogP contribution in [0.2, 0.25) is 5.02 Å². The van der Waals surface area contributed by atoms with Gasteiger partial charge in [0.05, 0.1) is 6.33 Å². The minimum Gasteiger partial charge on any atom is -0.216 e. The van der Waals surface area contributed by atoms with Crippen LogP contribution in [-0.2, 0) is 0 Å². The highest BCUT2D eigenvalue weighted by Crippen LogP contribution is 2.10. The number of hydrogen-bond donors (Lipinski definition) is 0. The second-order valence-electron chi connectivity index (χ2n) is 1.84. The molecule has 1 rings (SSSR count). The number of benzene rings is 1. The average Bonchev–Trinajstić information content (AvgIpc) is 1.95. The van der Waals surface area contributed by atoms with E-state index in [0.29, 0.717) is 11.4 Å². The predicted octanol–water partition coefficient (Wildman–Crippen LogP) is 3.28. The van der Waals surface area contributed by atoms with Crippen molar-refractivity contribution in [3.8, 4) is 0 Å². The van der Waals surface area contributed by atoms with Gasteiger partial charge in [0.2, 0.25) is 0 Å². The van der Waals surface area contributed by atoms with Crippen molar-refractivity contribution in [2.24, 2.45) is 0 Å². The van der Waals surface area contributed by atoms with Crippen LogP contribution in [0.25, 0.3) is 6.08 Å². The Morgan fingerprint density at radius 3 is 2.30 bits per heavy atom. The molecule has 0 spiro atoms. The van der Waals surface area contributed by atoms with Crippen LogP contribution < -0.4 is 0 Å². The molecule has 0 aliphatic heterocycles. The molecule has 0 heterocycles. The van der Waals surface area contributed by atoms with E-state index in [1.54, 1.807) is 24.3 Å². The zero-order chi connectivity index (χ0) is 7.40. The molecule has 0 bridgehead atoms. The van der Waals surface area contributed by atoms with Gasteiger partial charge in [-0.25, -0.2) is 4.39 Å². The second-order valence-corrected chi connectivity index (χ2v) is 2.28. The molecular weight excluding hydrogens is 151 g/mol. The zero-order valence-electron chi connectivity index (χ0n) is 5.22. The largest absolute Gasteiger partial charge is 0.216 e. The van der Waals surface area contributed by atoms with Gasteiger partial charge in [-0.2, -0.15) is 0 Å². The lowest BCUT2D eigenvalue weighted by Gasteiger charge is -1.90. The quantitative estimate of drug-likeness (QED) is 0.586. The molecule has 0 atom stereocenters. The maximum Gasteiger partial charge on any atom is 0.0872 e. The summed E-state index contributed by atoms with van der Waals surface area (Å²) in [5, 5.41) is 0.663. The Balaban J connectivity index is 2.89. The molecule has 0 N–H and O–H groups in total. The standard InChI is InChI=1S/C8H6ClF/c9-8-3-1-7(2-4-8)5-6-10/h1-6H/b6-5-. The van der Waals surface area contributed by atoms with Gasteiger partial charge in [0.15, 0.2) is 0 Å². The van der Waals surface area contributed by atoms with E-state index in [2.05, 4.69) is 0 Å². The summed E-state index contributed by atoms with van der Waals surface area (Å²) < 4.78 is 11.6. The van der Waals surface area contributed by atoms with Crippen molar-refractivity contribution < 1.29 is 4.39 Å². The molecule has 0 saturated heterocycles. The first kappa shape index (κ1) is 7.29. The molecule has 0 amide bonds. The first-order chi connectivity index (χ1) is 4.83. The summed E-state index contributed by atoms with van der Waals surface area (Å²) in [6.07, 6.45) is 1.87. The maximum atomic E-state index is 11.6. The Bertz CT molecular complexity index is 226. The van der Waals surface area contributed by atoms with Crippen LogP contribution in [0.5, 0.6) is 0 Å². The minimum absolute atomic E-state index is 0.503. The number of rotatable bonds is 1. The fraction of sp³-hybridized carbons (Fsp3) is 0. The van der Waals surface area contributed by atoms with Crippen LogP contribution in [0.3, 0.4) is 0 Å². The molecule has 0 unspecified atom stereocenters. The van der Waals surface area contributed by atoms with Crippen molar-refractivity contribution in [2.45, 2.75) is 0 Å². The second kappa shape index (κ2) is 3.37. The lowest BCUT2D eigenvalue weighted by Crippen LogP contribution is -1.68. The molecule has 0 nitrogen and oxygen atoms in total. The van der Waals surface area contributed by atoms with Crippen LogP contribution in [0.1, 0.15) is 5.56 Å². The smallest absolute Gasteiger partial charge is 0.0872 e. The minimum atomic E-state index is 0.503. The molecule has 2 heteroatoms. The van der Waals surface area contributed by atoms with E-state index < -0.39 is 0 Å². The van der Waals surface area contributed by atoms with Gasteiger partial charge in [0.1, 0.15) is 0 Å². The lowest BCUT2D eigenvalue weighted by atomic mass is 10.2. The highest BCUT2D eigenvalue weighted by molar-refractivity contribution is 6.30. The molecule has 1 aromatic rings. The van der Waals surface area contributed by atoms with E-state index in [1.807, 2.05) is 0 Å². The SMILES string of the molecule is F/C=C\c1ccc(Cl)cc1. The molecule has 0 saturated carbocycles. The fourth-order valence-corrected chi connectivity index (χ4v) is 0.773. The van der Waals surface area contributed by atoms with E-state index in [4.69, 9.17) is 11.6 Å². The van der Waals surface area contributed by atoms with Crippen molar-refractivity contribution in [3.05, 3.63) is 41.2 Å². The van der Waals surface area contributed by atoms with Crippen LogP contribution in [0.15, 0.2) is 30.6 Å². The van der Waals surface area contributed by atoms with Crippen molar-refractivity contribution in [1.29, 1.82) is 0 Å². The van der Waals surface area contributed by atoms with E-state index in [9.17, 15) is 4.39 Å². The first-order valence-corrected chi connectivity index (χ1v) is 3.23. The monoisotopic (exact) mass is 156 g/mol. The van der Waals surface area contributed by atoms with Crippen LogP contribution >= 0.6 is 11.6 Å². The van der Waals surface area contributed by atoms with Crippen molar-refractivity contribution in [2.75, 3.05) is 0 Å². The maximum absolute atomic E-state index is 11.6. The normalized spacial score (nSPS) is 10.6. The van der Waals surface area contributed by atoms with Gasteiger partial charge < -0.3 is 0 Å². The van der Waals surface area contributed by atoms with Crippen LogP contribution in [0.4, 0.5) is 4.39 Å². The van der Waals surface area contributed by atoms with E-state index in [-0.39, 0.29) is 0 Å². The van der Waals surface area contributed by atoms with Crippen molar-refractivity contribution in [3.63, 3.8) is 0 Å². The highest BCUT2D eigenvalue weighted by Gasteiger charge is 1.85. The Morgan fingerprint density at radius 1 is 1.20 bits per heavy atom. The van der Waals surface area contributed by atoms with Gasteiger partial charge in [0, 0.05) is 5.02 Å². The summed E-state index contributed by atoms with van der Waals surface area (Å²) in [5.74, 6) is 0. The fourth-order valence-electron chi connectivity index (χ4n) is 0.647. The zero-order valence-corrected chi connectivity index (χ0v) is 5.98. The van der Waals surface area contributed by atoms with E-state index >= 15 is 0 Å². The van der Waals surface area contributed by atoms with E-state index in [0.717, 1.165) is 5.56 Å². The Labute approximate surface area is 63.9 Å². The summed E-state index contributed by atoms with van der Waals surface area (Å²) >= 11 is 5.59. The van der Waals surface area contributed by atoms with Gasteiger partial charge in [0.25, 0.3) is 0 Å². The Morgan fingerprint density at radius 2 is 1.80 bits per heavy atom. The van der Waals surface area contributed by atoms with Crippen molar-refractivity contribution in [1.82, 2.24) is 0 Å². The van der Waals surface area contributed by atoms with Crippen LogP contribution in [0, 0.1) is 0 Å². The molecule has 1 aromatic carbocycles. The van der Waals surface area contributed by atoms with Gasteiger partial charge in [-0.15, -0.1) is 0 Å². The molecule has 10 heavy (non-hydrogen) atoms. The van der Waals surface area contributed by atoms with Gasteiger partial charge in [-0.05, 0) is 23.8 Å². The van der Waals surface area contributed by atoms with Gasteiger partial charge >= 0.3 is 0 Å². The molecule has 0 aliphatic rings. The highest BCUT2D eigenvalue weighted by atomic mass is 35.5. The molecule has 0 aliphatic carbocycles. The lowest BCUT2D eigenvalue weighted by molar-refractivity contribution is 0.727. The summed E-state index contributed by atoms with van der Waals surface area (Å²) in [6.45, 7) is 0. The predicted molar refractivity (Wildman–Crippen MR) is 41.6 cm³/mol. The molecular formula is C8H6ClF.